The molecule has 2 saturated heterocycles. The molecule has 0 radical (unpaired) electrons. The molecular formula is C36H40ClN3O4S. The smallest absolute Gasteiger partial charge is 0.255 e. The molecule has 45 heavy (non-hydrogen) atoms. The Hall–Kier alpha value is -3.10. The van der Waals surface area contributed by atoms with Crippen LogP contribution in [0.3, 0.4) is 0 Å². The minimum atomic E-state index is -0.590. The molecule has 2 aromatic rings. The molecule has 7 rings (SSSR count). The van der Waals surface area contributed by atoms with Gasteiger partial charge in [0, 0.05) is 52.4 Å². The van der Waals surface area contributed by atoms with Gasteiger partial charge < -0.3 is 9.80 Å². The molecule has 236 valence electrons. The number of likely N-dealkylation sites (tertiary alicyclic amines) is 1. The summed E-state index contributed by atoms with van der Waals surface area (Å²) in [5, 5.41) is 3.60. The van der Waals surface area contributed by atoms with Crippen LogP contribution in [-0.2, 0) is 20.9 Å². The van der Waals surface area contributed by atoms with Gasteiger partial charge in [-0.15, -0.1) is 11.8 Å². The Bertz CT molecular complexity index is 1600. The lowest BCUT2D eigenvalue weighted by atomic mass is 9.62. The largest absolute Gasteiger partial charge is 0.339 e. The number of rotatable bonds is 5. The zero-order chi connectivity index (χ0) is 31.5. The quantitative estimate of drug-likeness (QED) is 0.369. The zero-order valence-corrected chi connectivity index (χ0v) is 27.6. The lowest BCUT2D eigenvalue weighted by Gasteiger charge is -2.52. The first-order valence-electron chi connectivity index (χ1n) is 16.2. The summed E-state index contributed by atoms with van der Waals surface area (Å²) < 4.78 is 0. The highest BCUT2D eigenvalue weighted by Crippen LogP contribution is 2.55. The Balaban J connectivity index is 0.953. The summed E-state index contributed by atoms with van der Waals surface area (Å²) in [6, 6.07) is 13.4. The monoisotopic (exact) mass is 645 g/mol. The van der Waals surface area contributed by atoms with Gasteiger partial charge in [-0.1, -0.05) is 37.6 Å². The third-order valence-corrected chi connectivity index (χ3v) is 12.2. The number of piperidine rings is 2. The van der Waals surface area contributed by atoms with E-state index in [0.29, 0.717) is 34.2 Å². The van der Waals surface area contributed by atoms with Crippen molar-refractivity contribution in [3.05, 3.63) is 69.8 Å². The second-order valence-corrected chi connectivity index (χ2v) is 16.3. The molecule has 2 aromatic carbocycles. The fraction of sp³-hybridized carbons (Fsp3) is 0.500. The minimum absolute atomic E-state index is 0.132. The van der Waals surface area contributed by atoms with Gasteiger partial charge in [-0.2, -0.15) is 0 Å². The Morgan fingerprint density at radius 1 is 0.978 bits per heavy atom. The lowest BCUT2D eigenvalue weighted by Crippen LogP contribution is -2.52. The van der Waals surface area contributed by atoms with E-state index >= 15 is 0 Å². The first-order chi connectivity index (χ1) is 21.5. The Morgan fingerprint density at radius 3 is 2.42 bits per heavy atom. The molecular weight excluding hydrogens is 606 g/mol. The van der Waals surface area contributed by atoms with Crippen LogP contribution >= 0.6 is 23.4 Å². The lowest BCUT2D eigenvalue weighted by molar-refractivity contribution is -0.137. The van der Waals surface area contributed by atoms with Gasteiger partial charge in [-0.25, -0.2) is 0 Å². The maximum Gasteiger partial charge on any atom is 0.255 e. The summed E-state index contributed by atoms with van der Waals surface area (Å²) >= 11 is 8.05. The van der Waals surface area contributed by atoms with Crippen LogP contribution in [0.5, 0.6) is 0 Å². The van der Waals surface area contributed by atoms with Crippen LogP contribution in [0.1, 0.15) is 93.1 Å². The van der Waals surface area contributed by atoms with Crippen molar-refractivity contribution >= 4 is 52.6 Å². The molecule has 3 heterocycles. The topological polar surface area (TPSA) is 86.8 Å². The van der Waals surface area contributed by atoms with E-state index in [-0.39, 0.29) is 35.5 Å². The highest BCUT2D eigenvalue weighted by molar-refractivity contribution is 8.00. The van der Waals surface area contributed by atoms with Crippen LogP contribution in [0.15, 0.2) is 52.9 Å². The summed E-state index contributed by atoms with van der Waals surface area (Å²) in [5.41, 5.74) is 5.37. The van der Waals surface area contributed by atoms with E-state index in [1.807, 2.05) is 36.0 Å². The highest BCUT2D eigenvalue weighted by atomic mass is 35.5. The predicted molar refractivity (Wildman–Crippen MR) is 176 cm³/mol. The van der Waals surface area contributed by atoms with E-state index in [2.05, 4.69) is 42.3 Å². The molecule has 1 N–H and O–H groups in total. The van der Waals surface area contributed by atoms with Gasteiger partial charge in [-0.3, -0.25) is 24.5 Å². The SMILES string of the molecule is CC1(C)CCC(C(=O)N2CCC3(CC2)CC(Sc2ccc4c(c2)CN(C2CCC(=O)NC2=O)C4=O)C3)=C(c2ccc(Cl)cc2)C1. The molecule has 5 aliphatic rings. The number of amides is 4. The van der Waals surface area contributed by atoms with Crippen LogP contribution < -0.4 is 5.32 Å². The summed E-state index contributed by atoms with van der Waals surface area (Å²) in [4.78, 5) is 55.7. The average molecular weight is 646 g/mol. The molecule has 1 unspecified atom stereocenters. The van der Waals surface area contributed by atoms with Gasteiger partial charge in [0.25, 0.3) is 5.91 Å². The molecule has 4 amide bonds. The van der Waals surface area contributed by atoms with Crippen LogP contribution in [0.4, 0.5) is 0 Å². The van der Waals surface area contributed by atoms with Gasteiger partial charge in [-0.05, 0) is 109 Å². The molecule has 7 nitrogen and oxygen atoms in total. The van der Waals surface area contributed by atoms with Crippen LogP contribution in [0.2, 0.25) is 5.02 Å². The van der Waals surface area contributed by atoms with E-state index < -0.39 is 6.04 Å². The number of thioether (sulfide) groups is 1. The van der Waals surface area contributed by atoms with Crippen molar-refractivity contribution in [1.82, 2.24) is 15.1 Å². The average Bonchev–Trinajstić information content (AvgIpc) is 3.31. The zero-order valence-electron chi connectivity index (χ0n) is 26.0. The molecule has 9 heteroatoms. The van der Waals surface area contributed by atoms with Gasteiger partial charge in [0.2, 0.25) is 17.7 Å². The summed E-state index contributed by atoms with van der Waals surface area (Å²) in [7, 11) is 0. The van der Waals surface area contributed by atoms with E-state index in [4.69, 9.17) is 11.6 Å². The third kappa shape index (κ3) is 5.96. The molecule has 0 aromatic heterocycles. The number of carbonyl (C=O) groups excluding carboxylic acids is 4. The second kappa shape index (κ2) is 11.6. The molecule has 0 bridgehead atoms. The predicted octanol–water partition coefficient (Wildman–Crippen LogP) is 6.63. The van der Waals surface area contributed by atoms with E-state index in [9.17, 15) is 19.2 Å². The minimum Gasteiger partial charge on any atom is -0.339 e. The maximum absolute atomic E-state index is 13.9. The Morgan fingerprint density at radius 2 is 1.71 bits per heavy atom. The highest BCUT2D eigenvalue weighted by Gasteiger charge is 2.47. The Labute approximate surface area is 274 Å². The number of hydrogen-bond acceptors (Lipinski definition) is 5. The van der Waals surface area contributed by atoms with Crippen molar-refractivity contribution in [3.63, 3.8) is 0 Å². The number of imide groups is 1. The number of halogens is 1. The number of allylic oxidation sites excluding steroid dienone is 1. The molecule has 3 aliphatic heterocycles. The second-order valence-electron chi connectivity index (χ2n) is 14.5. The van der Waals surface area contributed by atoms with Gasteiger partial charge in [0.15, 0.2) is 0 Å². The van der Waals surface area contributed by atoms with Crippen LogP contribution in [0.25, 0.3) is 5.57 Å². The summed E-state index contributed by atoms with van der Waals surface area (Å²) in [6.45, 7) is 6.61. The number of fused-ring (bicyclic) bond motifs is 1. The molecule has 2 aliphatic carbocycles. The van der Waals surface area contributed by atoms with Crippen molar-refractivity contribution in [2.75, 3.05) is 13.1 Å². The van der Waals surface area contributed by atoms with Crippen molar-refractivity contribution < 1.29 is 19.2 Å². The molecule has 1 spiro atoms. The first-order valence-corrected chi connectivity index (χ1v) is 17.5. The molecule has 1 atom stereocenters. The Kier molecular flexibility index (Phi) is 7.88. The fourth-order valence-electron chi connectivity index (χ4n) is 8.04. The fourth-order valence-corrected chi connectivity index (χ4v) is 9.78. The maximum atomic E-state index is 13.9. The van der Waals surface area contributed by atoms with E-state index in [1.165, 1.54) is 5.57 Å². The van der Waals surface area contributed by atoms with Crippen molar-refractivity contribution in [2.24, 2.45) is 10.8 Å². The van der Waals surface area contributed by atoms with Crippen LogP contribution in [0, 0.1) is 10.8 Å². The van der Waals surface area contributed by atoms with Gasteiger partial charge in [0.1, 0.15) is 6.04 Å². The number of carbonyl (C=O) groups is 4. The number of nitrogens with one attached hydrogen (secondary N) is 1. The number of hydrogen-bond donors (Lipinski definition) is 1. The first kappa shape index (κ1) is 30.5. The third-order valence-electron chi connectivity index (χ3n) is 10.8. The van der Waals surface area contributed by atoms with Crippen LogP contribution in [-0.4, -0.2) is 57.8 Å². The van der Waals surface area contributed by atoms with Crippen molar-refractivity contribution in [2.45, 2.75) is 94.4 Å². The molecule has 1 saturated carbocycles. The molecule has 3 fully saturated rings. The van der Waals surface area contributed by atoms with Crippen molar-refractivity contribution in [1.29, 1.82) is 0 Å². The van der Waals surface area contributed by atoms with Crippen molar-refractivity contribution in [3.8, 4) is 0 Å². The van der Waals surface area contributed by atoms with Gasteiger partial charge in [0.05, 0.1) is 0 Å². The standard InChI is InChI=1S/C36H40ClN3O4S/c1-35(2)12-11-28(29(20-35)22-3-5-24(37)6-4-22)33(43)39-15-13-36(14-16-39)18-26(19-36)45-25-7-8-27-23(17-25)21-40(34(27)44)30-9-10-31(41)38-32(30)42/h3-8,17,26,30H,9-16,18-21H2,1-2H3,(H,38,41,42). The summed E-state index contributed by atoms with van der Waals surface area (Å²) in [5.74, 6) is -0.567. The van der Waals surface area contributed by atoms with Gasteiger partial charge >= 0.3 is 0 Å². The number of nitrogens with zero attached hydrogens (tertiary/aromatic N) is 2. The van der Waals surface area contributed by atoms with E-state index in [0.717, 1.165) is 79.6 Å². The normalized spacial score (nSPS) is 24.5. The summed E-state index contributed by atoms with van der Waals surface area (Å²) in [6.07, 6.45) is 7.75. The van der Waals surface area contributed by atoms with E-state index in [1.54, 1.807) is 4.90 Å². The number of benzene rings is 2.